The van der Waals surface area contributed by atoms with Crippen molar-refractivity contribution < 1.29 is 20.4 Å². The fraction of sp³-hybridized carbons (Fsp3) is 1.00. The van der Waals surface area contributed by atoms with Crippen LogP contribution in [0.5, 0.6) is 0 Å². The second kappa shape index (κ2) is 4.70. The van der Waals surface area contributed by atoms with Crippen LogP contribution in [0.25, 0.3) is 0 Å². The van der Waals surface area contributed by atoms with Crippen LogP contribution < -0.4 is 0 Å². The van der Waals surface area contributed by atoms with Gasteiger partial charge in [0, 0.05) is 16.7 Å². The van der Waals surface area contributed by atoms with E-state index in [-0.39, 0.29) is 16.7 Å². The molecule has 0 spiro atoms. The second-order valence-corrected chi connectivity index (χ2v) is 4.76. The molecule has 5 heteroatoms. The molecule has 1 fully saturated rings. The van der Waals surface area contributed by atoms with Gasteiger partial charge < -0.3 is 20.4 Å². The maximum Gasteiger partial charge on any atom is 0.155 e. The lowest BCUT2D eigenvalue weighted by atomic mass is 9.81. The third kappa shape index (κ3) is 2.89. The first-order valence-electron chi connectivity index (χ1n) is 4.38. The summed E-state index contributed by atoms with van der Waals surface area (Å²) in [4.78, 5) is -0.0481. The van der Waals surface area contributed by atoms with E-state index in [0.717, 1.165) is 0 Å². The molecule has 0 heterocycles. The predicted molar refractivity (Wildman–Crippen MR) is 50.0 cm³/mol. The van der Waals surface area contributed by atoms with Crippen molar-refractivity contribution in [1.82, 2.24) is 0 Å². The molecule has 13 heavy (non-hydrogen) atoms. The molecule has 0 bridgehead atoms. The zero-order valence-corrected chi connectivity index (χ0v) is 8.76. The molecule has 1 aliphatic rings. The van der Waals surface area contributed by atoms with Gasteiger partial charge in [0.25, 0.3) is 0 Å². The number of alkyl halides is 1. The Balaban J connectivity index is 2.46. The van der Waals surface area contributed by atoms with Crippen LogP contribution in [0.2, 0.25) is 0 Å². The van der Waals surface area contributed by atoms with Gasteiger partial charge in [-0.2, -0.15) is 0 Å². The molecule has 3 atom stereocenters. The third-order valence-electron chi connectivity index (χ3n) is 2.67. The van der Waals surface area contributed by atoms with E-state index in [9.17, 15) is 0 Å². The molecule has 1 aliphatic carbocycles. The predicted octanol–water partition coefficient (Wildman–Crippen LogP) is -0.212. The third-order valence-corrected chi connectivity index (χ3v) is 3.72. The van der Waals surface area contributed by atoms with E-state index in [4.69, 9.17) is 20.4 Å². The lowest BCUT2D eigenvalue weighted by Gasteiger charge is -2.34. The molecule has 0 radical (unpaired) electrons. The highest BCUT2D eigenvalue weighted by atomic mass is 79.9. The molecular formula is C8H15BrO4. The molecule has 3 unspecified atom stereocenters. The zero-order valence-electron chi connectivity index (χ0n) is 7.17. The van der Waals surface area contributed by atoms with E-state index in [2.05, 4.69) is 15.9 Å². The number of aliphatic hydroxyl groups is 4. The quantitative estimate of drug-likeness (QED) is 0.406. The molecule has 0 aromatic heterocycles. The van der Waals surface area contributed by atoms with Gasteiger partial charge in [0.05, 0.1) is 0 Å². The van der Waals surface area contributed by atoms with Crippen molar-refractivity contribution in [3.8, 4) is 0 Å². The molecule has 4 nitrogen and oxygen atoms in total. The SMILES string of the molecule is OC(O)C1CCC(C(O)O)C(Br)C1. The van der Waals surface area contributed by atoms with Gasteiger partial charge in [0.1, 0.15) is 0 Å². The monoisotopic (exact) mass is 254 g/mol. The van der Waals surface area contributed by atoms with Crippen LogP contribution in [0.15, 0.2) is 0 Å². The fourth-order valence-electron chi connectivity index (χ4n) is 1.78. The number of hydrogen-bond donors (Lipinski definition) is 4. The Morgan fingerprint density at radius 3 is 2.00 bits per heavy atom. The maximum absolute atomic E-state index is 8.97. The molecule has 1 rings (SSSR count). The van der Waals surface area contributed by atoms with Crippen molar-refractivity contribution in [2.75, 3.05) is 0 Å². The van der Waals surface area contributed by atoms with Gasteiger partial charge in [-0.3, -0.25) is 0 Å². The van der Waals surface area contributed by atoms with Crippen LogP contribution in [0.3, 0.4) is 0 Å². The Morgan fingerprint density at radius 2 is 1.62 bits per heavy atom. The summed E-state index contributed by atoms with van der Waals surface area (Å²) in [5, 5.41) is 35.8. The standard InChI is InChI=1S/C8H15BrO4/c9-6-3-4(7(10)11)1-2-5(6)8(12)13/h4-8,10-13H,1-3H2. The molecule has 0 aromatic carbocycles. The van der Waals surface area contributed by atoms with Crippen LogP contribution in [-0.2, 0) is 0 Å². The number of aliphatic hydroxyl groups excluding tert-OH is 2. The van der Waals surface area contributed by atoms with Crippen LogP contribution in [0, 0.1) is 11.8 Å². The van der Waals surface area contributed by atoms with Crippen molar-refractivity contribution in [3.05, 3.63) is 0 Å². The highest BCUT2D eigenvalue weighted by Crippen LogP contribution is 2.36. The average Bonchev–Trinajstić information content (AvgIpc) is 2.03. The Bertz CT molecular complexity index is 162. The van der Waals surface area contributed by atoms with Gasteiger partial charge in [0.2, 0.25) is 0 Å². The summed E-state index contributed by atoms with van der Waals surface area (Å²) < 4.78 is 0. The van der Waals surface area contributed by atoms with Crippen LogP contribution in [0.4, 0.5) is 0 Å². The van der Waals surface area contributed by atoms with E-state index < -0.39 is 12.6 Å². The van der Waals surface area contributed by atoms with Crippen LogP contribution in [-0.4, -0.2) is 37.8 Å². The van der Waals surface area contributed by atoms with Crippen molar-refractivity contribution in [1.29, 1.82) is 0 Å². The normalized spacial score (nSPS) is 35.8. The zero-order chi connectivity index (χ0) is 10.0. The van der Waals surface area contributed by atoms with Gasteiger partial charge in [0.15, 0.2) is 12.6 Å². The minimum Gasteiger partial charge on any atom is -0.368 e. The van der Waals surface area contributed by atoms with Gasteiger partial charge in [-0.05, 0) is 19.3 Å². The molecule has 0 aliphatic heterocycles. The summed E-state index contributed by atoms with van der Waals surface area (Å²) in [6.45, 7) is 0. The Kier molecular flexibility index (Phi) is 4.12. The van der Waals surface area contributed by atoms with Gasteiger partial charge in [-0.25, -0.2) is 0 Å². The van der Waals surface area contributed by atoms with Crippen LogP contribution >= 0.6 is 15.9 Å². The number of hydrogen-bond acceptors (Lipinski definition) is 4. The molecule has 0 aromatic rings. The topological polar surface area (TPSA) is 80.9 Å². The van der Waals surface area contributed by atoms with Crippen molar-refractivity contribution >= 4 is 15.9 Å². The lowest BCUT2D eigenvalue weighted by molar-refractivity contribution is -0.122. The summed E-state index contributed by atoms with van der Waals surface area (Å²) in [5.74, 6) is -0.352. The van der Waals surface area contributed by atoms with Gasteiger partial charge >= 0.3 is 0 Å². The highest BCUT2D eigenvalue weighted by Gasteiger charge is 2.34. The number of rotatable bonds is 2. The molecule has 0 amide bonds. The minimum atomic E-state index is -1.32. The van der Waals surface area contributed by atoms with E-state index in [1.807, 2.05) is 0 Å². The van der Waals surface area contributed by atoms with E-state index in [1.54, 1.807) is 0 Å². The van der Waals surface area contributed by atoms with Crippen LogP contribution in [0.1, 0.15) is 19.3 Å². The first-order chi connectivity index (χ1) is 6.02. The van der Waals surface area contributed by atoms with Crippen molar-refractivity contribution in [3.63, 3.8) is 0 Å². The molecule has 4 N–H and O–H groups in total. The van der Waals surface area contributed by atoms with Gasteiger partial charge in [-0.1, -0.05) is 15.9 Å². The van der Waals surface area contributed by atoms with E-state index in [1.165, 1.54) is 0 Å². The first kappa shape index (κ1) is 11.4. The lowest BCUT2D eigenvalue weighted by Crippen LogP contribution is -2.37. The maximum atomic E-state index is 8.97. The van der Waals surface area contributed by atoms with Crippen molar-refractivity contribution in [2.45, 2.75) is 36.7 Å². The minimum absolute atomic E-state index is 0.0481. The summed E-state index contributed by atoms with van der Waals surface area (Å²) in [7, 11) is 0. The van der Waals surface area contributed by atoms with Gasteiger partial charge in [-0.15, -0.1) is 0 Å². The molecule has 1 saturated carbocycles. The Labute approximate surface area is 85.3 Å². The summed E-state index contributed by atoms with van der Waals surface area (Å²) in [6, 6.07) is 0. The fourth-order valence-corrected chi connectivity index (χ4v) is 2.79. The average molecular weight is 255 g/mol. The Morgan fingerprint density at radius 1 is 1.00 bits per heavy atom. The summed E-state index contributed by atoms with van der Waals surface area (Å²) in [5.41, 5.74) is 0. The molecular weight excluding hydrogens is 240 g/mol. The smallest absolute Gasteiger partial charge is 0.155 e. The first-order valence-corrected chi connectivity index (χ1v) is 5.30. The number of halogens is 1. The van der Waals surface area contributed by atoms with E-state index >= 15 is 0 Å². The Hall–Kier alpha value is 0.320. The molecule has 0 saturated heterocycles. The summed E-state index contributed by atoms with van der Waals surface area (Å²) >= 11 is 3.32. The summed E-state index contributed by atoms with van der Waals surface area (Å²) in [6.07, 6.45) is -0.810. The van der Waals surface area contributed by atoms with E-state index in [0.29, 0.717) is 19.3 Å². The van der Waals surface area contributed by atoms with Crippen molar-refractivity contribution in [2.24, 2.45) is 11.8 Å². The second-order valence-electron chi connectivity index (χ2n) is 3.58. The molecule has 78 valence electrons. The largest absolute Gasteiger partial charge is 0.368 e. The highest BCUT2D eigenvalue weighted by molar-refractivity contribution is 9.09.